The molecule has 90 valence electrons. The lowest BCUT2D eigenvalue weighted by atomic mass is 9.99. The van der Waals surface area contributed by atoms with E-state index in [-0.39, 0.29) is 16.6 Å². The highest BCUT2D eigenvalue weighted by Crippen LogP contribution is 2.40. The molecule has 0 atom stereocenters. The molecule has 1 aromatic rings. The molecule has 0 heterocycles. The minimum atomic E-state index is -4.40. The lowest BCUT2D eigenvalue weighted by Gasteiger charge is -2.17. The molecule has 1 N–H and O–H groups in total. The van der Waals surface area contributed by atoms with Crippen LogP contribution in [0.1, 0.15) is 30.9 Å². The van der Waals surface area contributed by atoms with Crippen LogP contribution in [0.3, 0.4) is 0 Å². The van der Waals surface area contributed by atoms with E-state index in [0.717, 1.165) is 6.07 Å². The van der Waals surface area contributed by atoms with Gasteiger partial charge in [-0.3, -0.25) is 0 Å². The van der Waals surface area contributed by atoms with Gasteiger partial charge in [-0.2, -0.15) is 13.2 Å². The van der Waals surface area contributed by atoms with E-state index in [2.05, 4.69) is 5.32 Å². The van der Waals surface area contributed by atoms with E-state index in [1.165, 1.54) is 7.05 Å². The normalized spacial score (nSPS) is 12.0. The van der Waals surface area contributed by atoms with Gasteiger partial charge in [0.15, 0.2) is 0 Å². The summed E-state index contributed by atoms with van der Waals surface area (Å²) < 4.78 is 38.3. The summed E-state index contributed by atoms with van der Waals surface area (Å²) in [6.07, 6.45) is -4.40. The molecule has 1 aromatic carbocycles. The Morgan fingerprint density at radius 1 is 1.25 bits per heavy atom. The van der Waals surface area contributed by atoms with Crippen LogP contribution in [-0.4, -0.2) is 7.05 Å². The molecule has 0 saturated carbocycles. The van der Waals surface area contributed by atoms with Crippen molar-refractivity contribution < 1.29 is 13.2 Å². The highest BCUT2D eigenvalue weighted by Gasteiger charge is 2.34. The van der Waals surface area contributed by atoms with Gasteiger partial charge in [0.05, 0.1) is 16.3 Å². The van der Waals surface area contributed by atoms with Crippen molar-refractivity contribution in [2.24, 2.45) is 0 Å². The lowest BCUT2D eigenvalue weighted by molar-refractivity contribution is -0.137. The summed E-state index contributed by atoms with van der Waals surface area (Å²) >= 11 is 5.82. The fourth-order valence-electron chi connectivity index (χ4n) is 1.44. The van der Waals surface area contributed by atoms with Crippen LogP contribution in [0.15, 0.2) is 12.1 Å². The predicted molar refractivity (Wildman–Crippen MR) is 60.1 cm³/mol. The van der Waals surface area contributed by atoms with E-state index in [1.807, 2.05) is 13.8 Å². The maximum absolute atomic E-state index is 12.8. The molecule has 0 fully saturated rings. The fourth-order valence-corrected chi connectivity index (χ4v) is 1.76. The third-order valence-corrected chi connectivity index (χ3v) is 2.63. The van der Waals surface area contributed by atoms with Crippen LogP contribution in [0, 0.1) is 0 Å². The number of hydrogen-bond acceptors (Lipinski definition) is 1. The van der Waals surface area contributed by atoms with Gasteiger partial charge in [0.25, 0.3) is 0 Å². The Morgan fingerprint density at radius 3 is 2.19 bits per heavy atom. The SMILES string of the molecule is CNc1c(Cl)cc(C(C)C)cc1C(F)(F)F. The van der Waals surface area contributed by atoms with Crippen molar-refractivity contribution in [1.82, 2.24) is 0 Å². The molecule has 0 aliphatic carbocycles. The number of halogens is 4. The molecule has 0 amide bonds. The fraction of sp³-hybridized carbons (Fsp3) is 0.455. The zero-order valence-corrected chi connectivity index (χ0v) is 10.00. The second-order valence-corrected chi connectivity index (χ2v) is 4.23. The number of hydrogen-bond donors (Lipinski definition) is 1. The Bertz CT molecular complexity index is 386. The van der Waals surface area contributed by atoms with Crippen LogP contribution in [-0.2, 0) is 6.18 Å². The van der Waals surface area contributed by atoms with E-state index < -0.39 is 11.7 Å². The molecule has 0 bridgehead atoms. The third-order valence-electron chi connectivity index (χ3n) is 2.33. The highest BCUT2D eigenvalue weighted by molar-refractivity contribution is 6.33. The predicted octanol–water partition coefficient (Wildman–Crippen LogP) is 4.52. The van der Waals surface area contributed by atoms with Gasteiger partial charge in [0.1, 0.15) is 0 Å². The molecule has 1 nitrogen and oxygen atoms in total. The Morgan fingerprint density at radius 2 is 1.81 bits per heavy atom. The molecule has 0 saturated heterocycles. The molecule has 0 spiro atoms. The summed E-state index contributed by atoms with van der Waals surface area (Å²) in [5.74, 6) is 0.00417. The Kier molecular flexibility index (Phi) is 3.73. The molecule has 0 aromatic heterocycles. The van der Waals surface area contributed by atoms with Crippen LogP contribution in [0.5, 0.6) is 0 Å². The largest absolute Gasteiger partial charge is 0.418 e. The maximum Gasteiger partial charge on any atom is 0.418 e. The summed E-state index contributed by atoms with van der Waals surface area (Å²) in [6, 6.07) is 2.70. The van der Waals surface area contributed by atoms with Gasteiger partial charge < -0.3 is 5.32 Å². The molecule has 0 unspecified atom stereocenters. The van der Waals surface area contributed by atoms with Gasteiger partial charge in [0.2, 0.25) is 0 Å². The lowest BCUT2D eigenvalue weighted by Crippen LogP contribution is -2.10. The standard InChI is InChI=1S/C11H13ClF3N/c1-6(2)7-4-8(11(13,14)15)10(16-3)9(12)5-7/h4-6,16H,1-3H3. The first-order valence-electron chi connectivity index (χ1n) is 4.85. The first kappa shape index (κ1) is 13.2. The van der Waals surface area contributed by atoms with Crippen molar-refractivity contribution in [3.8, 4) is 0 Å². The average molecular weight is 252 g/mol. The van der Waals surface area contributed by atoms with Gasteiger partial charge >= 0.3 is 6.18 Å². The van der Waals surface area contributed by atoms with E-state index in [1.54, 1.807) is 6.07 Å². The van der Waals surface area contributed by atoms with Crippen LogP contribution < -0.4 is 5.32 Å². The molecular formula is C11H13ClF3N. The summed E-state index contributed by atoms with van der Waals surface area (Å²) in [5.41, 5.74) is -0.207. The minimum absolute atomic E-state index is 0.00417. The molecule has 0 aliphatic heterocycles. The van der Waals surface area contributed by atoms with Crippen molar-refractivity contribution in [3.63, 3.8) is 0 Å². The van der Waals surface area contributed by atoms with E-state index in [4.69, 9.17) is 11.6 Å². The number of anilines is 1. The molecule has 5 heteroatoms. The van der Waals surface area contributed by atoms with Crippen LogP contribution >= 0.6 is 11.6 Å². The molecular weight excluding hydrogens is 239 g/mol. The van der Waals surface area contributed by atoms with Crippen molar-refractivity contribution >= 4 is 17.3 Å². The Balaban J connectivity index is 3.43. The van der Waals surface area contributed by atoms with Crippen LogP contribution in [0.2, 0.25) is 5.02 Å². The maximum atomic E-state index is 12.8. The number of benzene rings is 1. The first-order chi connectivity index (χ1) is 7.27. The molecule has 16 heavy (non-hydrogen) atoms. The van der Waals surface area contributed by atoms with E-state index >= 15 is 0 Å². The van der Waals surface area contributed by atoms with Crippen molar-refractivity contribution in [2.45, 2.75) is 25.9 Å². The monoisotopic (exact) mass is 251 g/mol. The summed E-state index contributed by atoms with van der Waals surface area (Å²) in [5, 5.41) is 2.58. The zero-order chi connectivity index (χ0) is 12.5. The van der Waals surface area contributed by atoms with Gasteiger partial charge in [-0.1, -0.05) is 25.4 Å². The minimum Gasteiger partial charge on any atom is -0.386 e. The quantitative estimate of drug-likeness (QED) is 0.815. The second kappa shape index (κ2) is 4.53. The van der Waals surface area contributed by atoms with Crippen molar-refractivity contribution in [3.05, 3.63) is 28.3 Å². The number of alkyl halides is 3. The Labute approximate surface area is 97.6 Å². The zero-order valence-electron chi connectivity index (χ0n) is 9.24. The van der Waals surface area contributed by atoms with Crippen molar-refractivity contribution in [1.29, 1.82) is 0 Å². The summed E-state index contributed by atoms with van der Waals surface area (Å²) in [7, 11) is 1.42. The molecule has 1 rings (SSSR count). The van der Waals surface area contributed by atoms with E-state index in [9.17, 15) is 13.2 Å². The summed E-state index contributed by atoms with van der Waals surface area (Å²) in [4.78, 5) is 0. The smallest absolute Gasteiger partial charge is 0.386 e. The number of rotatable bonds is 2. The second-order valence-electron chi connectivity index (χ2n) is 3.83. The van der Waals surface area contributed by atoms with Gasteiger partial charge in [-0.25, -0.2) is 0 Å². The topological polar surface area (TPSA) is 12.0 Å². The third kappa shape index (κ3) is 2.61. The van der Waals surface area contributed by atoms with Crippen LogP contribution in [0.25, 0.3) is 0 Å². The Hall–Kier alpha value is -0.900. The summed E-state index contributed by atoms with van der Waals surface area (Å²) in [6.45, 7) is 3.65. The molecule has 0 radical (unpaired) electrons. The van der Waals surface area contributed by atoms with Crippen LogP contribution in [0.4, 0.5) is 18.9 Å². The van der Waals surface area contributed by atoms with E-state index in [0.29, 0.717) is 5.56 Å². The first-order valence-corrected chi connectivity index (χ1v) is 5.23. The highest BCUT2D eigenvalue weighted by atomic mass is 35.5. The van der Waals surface area contributed by atoms with Crippen molar-refractivity contribution in [2.75, 3.05) is 12.4 Å². The number of nitrogens with one attached hydrogen (secondary N) is 1. The van der Waals surface area contributed by atoms with Gasteiger partial charge in [0, 0.05) is 7.05 Å². The average Bonchev–Trinajstić information content (AvgIpc) is 2.14. The molecule has 0 aliphatic rings. The van der Waals surface area contributed by atoms with Gasteiger partial charge in [-0.15, -0.1) is 0 Å². The van der Waals surface area contributed by atoms with Gasteiger partial charge in [-0.05, 0) is 23.6 Å².